The zero-order chi connectivity index (χ0) is 13.8. The lowest BCUT2D eigenvalue weighted by atomic mass is 10.1. The number of benzene rings is 1. The second-order valence-corrected chi connectivity index (χ2v) is 5.30. The third kappa shape index (κ3) is 3.50. The first-order chi connectivity index (χ1) is 9.09. The molecule has 0 aliphatic heterocycles. The second-order valence-electron chi connectivity index (χ2n) is 4.52. The van der Waals surface area contributed by atoms with E-state index in [-0.39, 0.29) is 6.04 Å². The van der Waals surface area contributed by atoms with Crippen LogP contribution in [0.4, 0.5) is 0 Å². The minimum Gasteiger partial charge on any atom is -0.310 e. The zero-order valence-electron chi connectivity index (χ0n) is 11.0. The third-order valence-electron chi connectivity index (χ3n) is 3.20. The van der Waals surface area contributed by atoms with Crippen molar-refractivity contribution < 1.29 is 0 Å². The molecule has 0 fully saturated rings. The van der Waals surface area contributed by atoms with Crippen LogP contribution in [-0.4, -0.2) is 16.3 Å². The molecule has 0 bridgehead atoms. The predicted octanol–water partition coefficient (Wildman–Crippen LogP) is 3.62. The molecule has 1 aromatic carbocycles. The number of aromatic nitrogens is 2. The van der Waals surface area contributed by atoms with Crippen molar-refractivity contribution in [2.45, 2.75) is 19.4 Å². The molecule has 0 spiro atoms. The zero-order valence-corrected chi connectivity index (χ0v) is 12.5. The molecule has 0 amide bonds. The monoisotopic (exact) mass is 297 g/mol. The summed E-state index contributed by atoms with van der Waals surface area (Å²) in [5.41, 5.74) is 2.23. The molecule has 0 saturated heterocycles. The van der Waals surface area contributed by atoms with Crippen LogP contribution in [0.3, 0.4) is 0 Å². The Hall–Kier alpha value is -1.03. The Balaban J connectivity index is 1.93. The maximum absolute atomic E-state index is 6.21. The summed E-state index contributed by atoms with van der Waals surface area (Å²) >= 11 is 12.2. The summed E-state index contributed by atoms with van der Waals surface area (Å²) in [7, 11) is 1.95. The molecule has 19 heavy (non-hydrogen) atoms. The van der Waals surface area contributed by atoms with Gasteiger partial charge in [-0.2, -0.15) is 5.10 Å². The molecular formula is C14H17Cl2N3. The number of hydrogen-bond acceptors (Lipinski definition) is 2. The van der Waals surface area contributed by atoms with E-state index in [4.69, 9.17) is 23.2 Å². The van der Waals surface area contributed by atoms with Gasteiger partial charge in [0.25, 0.3) is 0 Å². The molecular weight excluding hydrogens is 281 g/mol. The summed E-state index contributed by atoms with van der Waals surface area (Å²) in [6.45, 7) is 2.95. The molecule has 3 nitrogen and oxygen atoms in total. The van der Waals surface area contributed by atoms with Gasteiger partial charge < -0.3 is 5.32 Å². The lowest BCUT2D eigenvalue weighted by Gasteiger charge is -2.16. The van der Waals surface area contributed by atoms with Gasteiger partial charge in [0.05, 0.1) is 10.0 Å². The van der Waals surface area contributed by atoms with Gasteiger partial charge in [0, 0.05) is 37.9 Å². The van der Waals surface area contributed by atoms with Gasteiger partial charge in [0.2, 0.25) is 0 Å². The van der Waals surface area contributed by atoms with Crippen molar-refractivity contribution >= 4 is 23.2 Å². The number of nitrogens with zero attached hydrogens (tertiary/aromatic N) is 2. The van der Waals surface area contributed by atoms with Crippen molar-refractivity contribution in [1.82, 2.24) is 15.1 Å². The van der Waals surface area contributed by atoms with Crippen LogP contribution in [0.5, 0.6) is 0 Å². The summed E-state index contributed by atoms with van der Waals surface area (Å²) in [4.78, 5) is 0. The molecule has 0 aliphatic carbocycles. The highest BCUT2D eigenvalue weighted by Gasteiger charge is 2.11. The lowest BCUT2D eigenvalue weighted by molar-refractivity contribution is 0.564. The molecule has 0 radical (unpaired) electrons. The first kappa shape index (κ1) is 14.4. The van der Waals surface area contributed by atoms with Gasteiger partial charge in [-0.1, -0.05) is 35.3 Å². The quantitative estimate of drug-likeness (QED) is 0.913. The third-order valence-corrected chi connectivity index (χ3v) is 4.04. The van der Waals surface area contributed by atoms with Gasteiger partial charge in [-0.25, -0.2) is 0 Å². The Kier molecular flexibility index (Phi) is 4.86. The van der Waals surface area contributed by atoms with E-state index in [1.54, 1.807) is 6.07 Å². The van der Waals surface area contributed by atoms with Crippen LogP contribution in [0.15, 0.2) is 30.5 Å². The van der Waals surface area contributed by atoms with E-state index < -0.39 is 0 Å². The summed E-state index contributed by atoms with van der Waals surface area (Å²) in [5, 5.41) is 8.82. The standard InChI is InChI=1S/C14H17Cl2N3/c1-10(12-4-3-5-13(15)14(12)16)17-8-6-11-7-9-18-19(11)2/h3-5,7,9-10,17H,6,8H2,1-2H3. The maximum atomic E-state index is 6.21. The van der Waals surface area contributed by atoms with Crippen molar-refractivity contribution in [3.05, 3.63) is 51.8 Å². The Morgan fingerprint density at radius 2 is 2.11 bits per heavy atom. The molecule has 0 aliphatic rings. The Bertz CT molecular complexity index is 551. The molecule has 1 atom stereocenters. The Morgan fingerprint density at radius 1 is 1.32 bits per heavy atom. The van der Waals surface area contributed by atoms with Crippen molar-refractivity contribution in [3.8, 4) is 0 Å². The van der Waals surface area contributed by atoms with Crippen LogP contribution in [0.1, 0.15) is 24.2 Å². The van der Waals surface area contributed by atoms with Crippen LogP contribution in [0, 0.1) is 0 Å². The van der Waals surface area contributed by atoms with Gasteiger partial charge >= 0.3 is 0 Å². The molecule has 2 aromatic rings. The van der Waals surface area contributed by atoms with E-state index in [2.05, 4.69) is 17.3 Å². The van der Waals surface area contributed by atoms with Crippen LogP contribution in [-0.2, 0) is 13.5 Å². The second kappa shape index (κ2) is 6.42. The molecule has 102 valence electrons. The Morgan fingerprint density at radius 3 is 2.79 bits per heavy atom. The highest BCUT2D eigenvalue weighted by atomic mass is 35.5. The van der Waals surface area contributed by atoms with E-state index in [0.717, 1.165) is 18.5 Å². The van der Waals surface area contributed by atoms with E-state index in [0.29, 0.717) is 10.0 Å². The minimum absolute atomic E-state index is 0.166. The fraction of sp³-hybridized carbons (Fsp3) is 0.357. The lowest BCUT2D eigenvalue weighted by Crippen LogP contribution is -2.22. The molecule has 1 heterocycles. The summed E-state index contributed by atoms with van der Waals surface area (Å²) in [6.07, 6.45) is 2.74. The number of halogens is 2. The van der Waals surface area contributed by atoms with Crippen LogP contribution in [0.2, 0.25) is 10.0 Å². The van der Waals surface area contributed by atoms with Gasteiger partial charge in [-0.15, -0.1) is 0 Å². The number of hydrogen-bond donors (Lipinski definition) is 1. The molecule has 5 heteroatoms. The SMILES string of the molecule is CC(NCCc1ccnn1C)c1cccc(Cl)c1Cl. The highest BCUT2D eigenvalue weighted by Crippen LogP contribution is 2.29. The summed E-state index contributed by atoms with van der Waals surface area (Å²) in [6, 6.07) is 7.91. The first-order valence-electron chi connectivity index (χ1n) is 6.23. The van der Waals surface area contributed by atoms with E-state index >= 15 is 0 Å². The smallest absolute Gasteiger partial charge is 0.0639 e. The average Bonchev–Trinajstić information content (AvgIpc) is 2.78. The van der Waals surface area contributed by atoms with Crippen molar-refractivity contribution in [2.24, 2.45) is 7.05 Å². The van der Waals surface area contributed by atoms with E-state index in [9.17, 15) is 0 Å². The number of rotatable bonds is 5. The van der Waals surface area contributed by atoms with Gasteiger partial charge in [-0.3, -0.25) is 4.68 Å². The molecule has 2 rings (SSSR count). The maximum Gasteiger partial charge on any atom is 0.0639 e. The normalized spacial score (nSPS) is 12.6. The van der Waals surface area contributed by atoms with Gasteiger partial charge in [0.15, 0.2) is 0 Å². The largest absolute Gasteiger partial charge is 0.310 e. The van der Waals surface area contributed by atoms with Gasteiger partial charge in [0.1, 0.15) is 0 Å². The highest BCUT2D eigenvalue weighted by molar-refractivity contribution is 6.42. The average molecular weight is 298 g/mol. The molecule has 1 unspecified atom stereocenters. The fourth-order valence-electron chi connectivity index (χ4n) is 2.03. The topological polar surface area (TPSA) is 29.9 Å². The molecule has 1 aromatic heterocycles. The minimum atomic E-state index is 0.166. The van der Waals surface area contributed by atoms with Crippen LogP contribution >= 0.6 is 23.2 Å². The van der Waals surface area contributed by atoms with E-state index in [1.165, 1.54) is 5.69 Å². The summed E-state index contributed by atoms with van der Waals surface area (Å²) in [5.74, 6) is 0. The summed E-state index contributed by atoms with van der Waals surface area (Å²) < 4.78 is 1.89. The van der Waals surface area contributed by atoms with Crippen LogP contribution < -0.4 is 5.32 Å². The molecule has 1 N–H and O–H groups in total. The number of aryl methyl sites for hydroxylation is 1. The predicted molar refractivity (Wildman–Crippen MR) is 79.8 cm³/mol. The van der Waals surface area contributed by atoms with E-state index in [1.807, 2.05) is 36.1 Å². The van der Waals surface area contributed by atoms with Crippen molar-refractivity contribution in [2.75, 3.05) is 6.54 Å². The van der Waals surface area contributed by atoms with Crippen molar-refractivity contribution in [3.63, 3.8) is 0 Å². The first-order valence-corrected chi connectivity index (χ1v) is 6.99. The molecule has 0 saturated carbocycles. The Labute approximate surface area is 123 Å². The fourth-order valence-corrected chi connectivity index (χ4v) is 2.50. The van der Waals surface area contributed by atoms with Crippen molar-refractivity contribution in [1.29, 1.82) is 0 Å². The van der Waals surface area contributed by atoms with Gasteiger partial charge in [-0.05, 0) is 24.6 Å². The van der Waals surface area contributed by atoms with Crippen LogP contribution in [0.25, 0.3) is 0 Å². The number of nitrogens with one attached hydrogen (secondary N) is 1.